The molecule has 1 N–H and O–H groups in total. The Balaban J connectivity index is 1.22. The molecule has 0 radical (unpaired) electrons. The van der Waals surface area contributed by atoms with Crippen molar-refractivity contribution in [1.29, 1.82) is 0 Å². The normalized spacial score (nSPS) is 13.6. The first-order valence-electron chi connectivity index (χ1n) is 17.3. The molecule has 1 fully saturated rings. The minimum absolute atomic E-state index is 0.126. The van der Waals surface area contributed by atoms with Gasteiger partial charge in [-0.05, 0) is 81.3 Å². The van der Waals surface area contributed by atoms with Crippen molar-refractivity contribution in [3.8, 4) is 17.2 Å². The van der Waals surface area contributed by atoms with Crippen LogP contribution in [-0.2, 0) is 0 Å². The van der Waals surface area contributed by atoms with Crippen LogP contribution in [-0.4, -0.2) is 89.5 Å². The van der Waals surface area contributed by atoms with Crippen LogP contribution in [0.15, 0.2) is 71.4 Å². The maximum Gasteiger partial charge on any atom is 0.425 e. The van der Waals surface area contributed by atoms with Crippen molar-refractivity contribution in [2.24, 2.45) is 0 Å². The number of piperazine rings is 1. The molecule has 0 atom stereocenters. The summed E-state index contributed by atoms with van der Waals surface area (Å²) in [5.41, 5.74) is 3.09. The van der Waals surface area contributed by atoms with Gasteiger partial charge >= 0.3 is 6.09 Å². The van der Waals surface area contributed by atoms with Gasteiger partial charge in [-0.15, -0.1) is 0 Å². The van der Waals surface area contributed by atoms with E-state index in [1.54, 1.807) is 55.5 Å². The summed E-state index contributed by atoms with van der Waals surface area (Å²) in [5, 5.41) is 6.85. The van der Waals surface area contributed by atoms with Crippen LogP contribution in [0.5, 0.6) is 17.2 Å². The van der Waals surface area contributed by atoms with Crippen molar-refractivity contribution in [2.45, 2.75) is 27.2 Å². The maximum atomic E-state index is 15.1. The average Bonchev–Trinajstić information content (AvgIpc) is 3.57. The van der Waals surface area contributed by atoms with E-state index in [1.165, 1.54) is 24.3 Å². The number of halogens is 1. The van der Waals surface area contributed by atoms with Crippen LogP contribution in [0.25, 0.3) is 12.2 Å². The number of carbonyl (C=O) groups excluding carboxylic acids is 1. The van der Waals surface area contributed by atoms with Crippen molar-refractivity contribution in [2.75, 3.05) is 63.7 Å². The monoisotopic (exact) mass is 722 g/mol. The highest BCUT2D eigenvalue weighted by Gasteiger charge is 2.27. The van der Waals surface area contributed by atoms with Crippen molar-refractivity contribution < 1.29 is 27.9 Å². The number of aromatic nitrogens is 4. The molecule has 3 heterocycles. The molecule has 13 nitrogen and oxygen atoms in total. The quantitative estimate of drug-likeness (QED) is 0.123. The lowest BCUT2D eigenvalue weighted by atomic mass is 10.1. The zero-order valence-electron chi connectivity index (χ0n) is 30.5. The van der Waals surface area contributed by atoms with Gasteiger partial charge in [0.15, 0.2) is 17.4 Å². The molecule has 1 aliphatic rings. The molecular weight excluding hydrogens is 679 g/mol. The number of benzene rings is 3. The molecule has 6 rings (SSSR count). The summed E-state index contributed by atoms with van der Waals surface area (Å²) in [6.45, 7) is 10.9. The fraction of sp³-hybridized carbons (Fsp3) is 0.308. The lowest BCUT2D eigenvalue weighted by Gasteiger charge is -2.32. The average molecular weight is 723 g/mol. The molecule has 1 aliphatic heterocycles. The first-order chi connectivity index (χ1) is 25.7. The number of anilines is 4. The van der Waals surface area contributed by atoms with Crippen LogP contribution < -0.4 is 24.4 Å². The van der Waals surface area contributed by atoms with Gasteiger partial charge in [-0.3, -0.25) is 0 Å². The van der Waals surface area contributed by atoms with Crippen LogP contribution in [0.1, 0.15) is 34.8 Å². The molecular formula is C39H43FN8O5. The predicted molar refractivity (Wildman–Crippen MR) is 201 cm³/mol. The highest BCUT2D eigenvalue weighted by molar-refractivity contribution is 5.98. The lowest BCUT2D eigenvalue weighted by molar-refractivity contribution is 0.145. The number of likely N-dealkylation sites (N-methyl/N-ethyl adjacent to an activating group) is 1. The second-order valence-electron chi connectivity index (χ2n) is 12.7. The molecule has 2 aromatic heterocycles. The number of ether oxygens (including phenoxy) is 3. The predicted octanol–water partition coefficient (Wildman–Crippen LogP) is 7.20. The number of amides is 1. The molecule has 0 aliphatic carbocycles. The highest BCUT2D eigenvalue weighted by atomic mass is 19.1. The van der Waals surface area contributed by atoms with Gasteiger partial charge < -0.3 is 33.9 Å². The first kappa shape index (κ1) is 36.9. The Bertz CT molecular complexity index is 2040. The number of hydrogen-bond donors (Lipinski definition) is 1. The largest absolute Gasteiger partial charge is 0.495 e. The summed E-state index contributed by atoms with van der Waals surface area (Å²) >= 11 is 0. The van der Waals surface area contributed by atoms with E-state index in [4.69, 9.17) is 18.7 Å². The van der Waals surface area contributed by atoms with E-state index in [0.29, 0.717) is 41.2 Å². The van der Waals surface area contributed by atoms with Crippen LogP contribution in [0.3, 0.4) is 0 Å². The smallest absolute Gasteiger partial charge is 0.425 e. The van der Waals surface area contributed by atoms with E-state index in [1.807, 2.05) is 32.0 Å². The number of para-hydroxylation sites is 1. The van der Waals surface area contributed by atoms with Crippen molar-refractivity contribution in [3.05, 3.63) is 101 Å². The minimum Gasteiger partial charge on any atom is -0.495 e. The molecule has 1 saturated heterocycles. The maximum absolute atomic E-state index is 15.1. The highest BCUT2D eigenvalue weighted by Crippen LogP contribution is 2.36. The van der Waals surface area contributed by atoms with Gasteiger partial charge in [0, 0.05) is 62.8 Å². The Hall–Kier alpha value is -5.86. The summed E-state index contributed by atoms with van der Waals surface area (Å²) in [5.74, 6) is 1.63. The van der Waals surface area contributed by atoms with Gasteiger partial charge in [-0.1, -0.05) is 29.4 Å². The van der Waals surface area contributed by atoms with Crippen LogP contribution in [0.4, 0.5) is 32.3 Å². The molecule has 14 heteroatoms. The SMILES string of the molecule is COc1cc(/C=C/c2nc(C)no2)ccc1N(C(=O)Oc1c(C)cccc1C)c1ccnc(Nc2ccc(OCCCN3CCN(C)CC3)c(F)c2)n1. The van der Waals surface area contributed by atoms with E-state index < -0.39 is 11.9 Å². The summed E-state index contributed by atoms with van der Waals surface area (Å²) in [6, 6.07) is 17.1. The van der Waals surface area contributed by atoms with Crippen LogP contribution >= 0.6 is 0 Å². The lowest BCUT2D eigenvalue weighted by Crippen LogP contribution is -2.44. The molecule has 5 aromatic rings. The van der Waals surface area contributed by atoms with Gasteiger partial charge in [0.25, 0.3) is 5.89 Å². The molecule has 0 saturated carbocycles. The molecule has 1 amide bonds. The van der Waals surface area contributed by atoms with Crippen LogP contribution in [0, 0.1) is 26.6 Å². The molecule has 276 valence electrons. The van der Waals surface area contributed by atoms with Crippen molar-refractivity contribution >= 4 is 41.4 Å². The summed E-state index contributed by atoms with van der Waals surface area (Å²) in [4.78, 5) is 33.3. The number of carbonyl (C=O) groups is 1. The van der Waals surface area contributed by atoms with Crippen LogP contribution in [0.2, 0.25) is 0 Å². The van der Waals surface area contributed by atoms with Gasteiger partial charge in [0.1, 0.15) is 17.3 Å². The van der Waals surface area contributed by atoms with E-state index >= 15 is 4.39 Å². The Morgan fingerprint density at radius 1 is 0.981 bits per heavy atom. The van der Waals surface area contributed by atoms with E-state index in [-0.39, 0.29) is 17.5 Å². The zero-order chi connectivity index (χ0) is 37.3. The van der Waals surface area contributed by atoms with Crippen molar-refractivity contribution in [1.82, 2.24) is 29.9 Å². The van der Waals surface area contributed by atoms with Gasteiger partial charge in [-0.2, -0.15) is 9.97 Å². The molecule has 0 unspecified atom stereocenters. The van der Waals surface area contributed by atoms with Gasteiger partial charge in [0.05, 0.1) is 19.4 Å². The summed E-state index contributed by atoms with van der Waals surface area (Å²) in [7, 11) is 3.63. The third-order valence-corrected chi connectivity index (χ3v) is 8.72. The minimum atomic E-state index is -0.727. The second-order valence-corrected chi connectivity index (χ2v) is 12.7. The third kappa shape index (κ3) is 9.53. The van der Waals surface area contributed by atoms with Gasteiger partial charge in [0.2, 0.25) is 5.95 Å². The molecule has 53 heavy (non-hydrogen) atoms. The van der Waals surface area contributed by atoms with E-state index in [9.17, 15) is 4.79 Å². The standard InChI is InChI=1S/C39H43FN8O5/c1-26-8-6-9-27(2)37(26)52-39(49)48(32-13-10-29(24-34(32)50-5)11-15-36-42-28(3)45-53-36)35-16-17-41-38(44-35)43-30-12-14-33(31(40)25-30)51-23-7-18-47-21-19-46(4)20-22-47/h6,8-17,24-25H,7,18-23H2,1-5H3,(H,41,43,44)/b15-11+. The van der Waals surface area contributed by atoms with E-state index in [0.717, 1.165) is 55.8 Å². The summed E-state index contributed by atoms with van der Waals surface area (Å²) in [6.07, 6.45) is 5.04. The molecule has 3 aromatic carbocycles. The molecule has 0 spiro atoms. The third-order valence-electron chi connectivity index (χ3n) is 8.72. The van der Waals surface area contributed by atoms with Gasteiger partial charge in [-0.25, -0.2) is 19.1 Å². The first-order valence-corrected chi connectivity index (χ1v) is 17.3. The Morgan fingerprint density at radius 2 is 1.77 bits per heavy atom. The molecule has 0 bridgehead atoms. The number of hydrogen-bond acceptors (Lipinski definition) is 12. The van der Waals surface area contributed by atoms with Crippen molar-refractivity contribution in [3.63, 3.8) is 0 Å². The van der Waals surface area contributed by atoms with E-state index in [2.05, 4.69) is 42.3 Å². The number of nitrogens with one attached hydrogen (secondary N) is 1. The topological polar surface area (TPSA) is 131 Å². The Kier molecular flexibility index (Phi) is 11.9. The fourth-order valence-corrected chi connectivity index (χ4v) is 5.84. The number of nitrogens with zero attached hydrogens (tertiary/aromatic N) is 7. The number of methoxy groups -OCH3 is 1. The number of aryl methyl sites for hydroxylation is 3. The Labute approximate surface area is 308 Å². The zero-order valence-corrected chi connectivity index (χ0v) is 30.5. The second kappa shape index (κ2) is 17.1. The Morgan fingerprint density at radius 3 is 2.49 bits per heavy atom. The summed E-state index contributed by atoms with van der Waals surface area (Å²) < 4.78 is 37.8. The fourth-order valence-electron chi connectivity index (χ4n) is 5.84. The number of rotatable bonds is 13.